The lowest BCUT2D eigenvalue weighted by Gasteiger charge is -2.08. The molecule has 0 aromatic heterocycles. The summed E-state index contributed by atoms with van der Waals surface area (Å²) in [5, 5.41) is 9.20. The summed E-state index contributed by atoms with van der Waals surface area (Å²) in [6.45, 7) is 1.77. The normalized spacial score (nSPS) is 21.5. The summed E-state index contributed by atoms with van der Waals surface area (Å²) in [6, 6.07) is 7.81. The average Bonchev–Trinajstić information content (AvgIpc) is 2.54. The zero-order chi connectivity index (χ0) is 10.8. The third-order valence-corrected chi connectivity index (χ3v) is 3.05. The first-order valence-corrected chi connectivity index (χ1v) is 5.48. The van der Waals surface area contributed by atoms with Crippen LogP contribution < -0.4 is 0 Å². The fraction of sp³-hybridized carbons (Fsp3) is 0.462. The standard InChI is InChI=1S/C13H16O2/c1-9(14)6-7-11-8-10-4-2-3-5-12(10)13(11)15/h2-5,9,11,14H,6-8H2,1H3. The van der Waals surface area contributed by atoms with E-state index in [-0.39, 0.29) is 17.8 Å². The van der Waals surface area contributed by atoms with Crippen molar-refractivity contribution in [2.45, 2.75) is 32.3 Å². The number of hydrogen-bond donors (Lipinski definition) is 1. The van der Waals surface area contributed by atoms with Gasteiger partial charge in [0, 0.05) is 11.5 Å². The predicted molar refractivity (Wildman–Crippen MR) is 58.9 cm³/mol. The van der Waals surface area contributed by atoms with E-state index >= 15 is 0 Å². The number of rotatable bonds is 3. The molecule has 0 heterocycles. The van der Waals surface area contributed by atoms with Gasteiger partial charge in [-0.3, -0.25) is 4.79 Å². The van der Waals surface area contributed by atoms with Gasteiger partial charge in [-0.1, -0.05) is 24.3 Å². The largest absolute Gasteiger partial charge is 0.393 e. The molecule has 2 rings (SSSR count). The van der Waals surface area contributed by atoms with Crippen molar-refractivity contribution in [3.05, 3.63) is 35.4 Å². The molecule has 15 heavy (non-hydrogen) atoms. The molecule has 1 aliphatic carbocycles. The quantitative estimate of drug-likeness (QED) is 0.819. The van der Waals surface area contributed by atoms with E-state index < -0.39 is 0 Å². The van der Waals surface area contributed by atoms with Crippen molar-refractivity contribution in [3.63, 3.8) is 0 Å². The second-order valence-electron chi connectivity index (χ2n) is 4.35. The van der Waals surface area contributed by atoms with E-state index in [2.05, 4.69) is 0 Å². The Bertz CT molecular complexity index is 369. The summed E-state index contributed by atoms with van der Waals surface area (Å²) in [6.07, 6.45) is 2.05. The van der Waals surface area contributed by atoms with Crippen LogP contribution in [-0.4, -0.2) is 17.0 Å². The van der Waals surface area contributed by atoms with E-state index in [0.29, 0.717) is 6.42 Å². The van der Waals surface area contributed by atoms with Gasteiger partial charge in [0.1, 0.15) is 0 Å². The Balaban J connectivity index is 2.07. The highest BCUT2D eigenvalue weighted by Gasteiger charge is 2.29. The lowest BCUT2D eigenvalue weighted by atomic mass is 9.97. The van der Waals surface area contributed by atoms with Crippen LogP contribution in [0.1, 0.15) is 35.7 Å². The molecule has 2 unspecified atom stereocenters. The van der Waals surface area contributed by atoms with Gasteiger partial charge < -0.3 is 5.11 Å². The Kier molecular flexibility index (Phi) is 2.87. The summed E-state index contributed by atoms with van der Waals surface area (Å²) in [7, 11) is 0. The summed E-state index contributed by atoms with van der Waals surface area (Å²) < 4.78 is 0. The zero-order valence-corrected chi connectivity index (χ0v) is 8.94. The Morgan fingerprint density at radius 1 is 1.47 bits per heavy atom. The van der Waals surface area contributed by atoms with Crippen molar-refractivity contribution in [3.8, 4) is 0 Å². The van der Waals surface area contributed by atoms with Crippen LogP contribution in [-0.2, 0) is 6.42 Å². The number of aliphatic hydroxyl groups is 1. The van der Waals surface area contributed by atoms with Crippen molar-refractivity contribution in [1.82, 2.24) is 0 Å². The smallest absolute Gasteiger partial charge is 0.166 e. The molecule has 0 fully saturated rings. The number of hydrogen-bond acceptors (Lipinski definition) is 2. The highest BCUT2D eigenvalue weighted by Crippen LogP contribution is 2.29. The SMILES string of the molecule is CC(O)CCC1Cc2ccccc2C1=O. The maximum absolute atomic E-state index is 11.9. The molecule has 0 saturated carbocycles. The first-order valence-electron chi connectivity index (χ1n) is 5.48. The lowest BCUT2D eigenvalue weighted by molar-refractivity contribution is 0.0915. The Labute approximate surface area is 89.9 Å². The molecule has 0 radical (unpaired) electrons. The molecule has 80 valence electrons. The Hall–Kier alpha value is -1.15. The van der Waals surface area contributed by atoms with E-state index in [4.69, 9.17) is 0 Å². The van der Waals surface area contributed by atoms with Crippen LogP contribution >= 0.6 is 0 Å². The van der Waals surface area contributed by atoms with Gasteiger partial charge in [0.05, 0.1) is 6.10 Å². The summed E-state index contributed by atoms with van der Waals surface area (Å²) in [5.74, 6) is 0.350. The van der Waals surface area contributed by atoms with Crippen molar-refractivity contribution in [2.75, 3.05) is 0 Å². The molecule has 1 aromatic rings. The number of Topliss-reactive ketones (excluding diaryl/α,β-unsaturated/α-hetero) is 1. The van der Waals surface area contributed by atoms with Crippen LogP contribution in [0.2, 0.25) is 0 Å². The number of fused-ring (bicyclic) bond motifs is 1. The monoisotopic (exact) mass is 204 g/mol. The van der Waals surface area contributed by atoms with E-state index in [1.165, 1.54) is 0 Å². The molecule has 0 bridgehead atoms. The zero-order valence-electron chi connectivity index (χ0n) is 8.94. The molecule has 0 saturated heterocycles. The molecule has 0 aliphatic heterocycles. The molecule has 2 heteroatoms. The predicted octanol–water partition coefficient (Wildman–Crippen LogP) is 2.20. The van der Waals surface area contributed by atoms with Gasteiger partial charge >= 0.3 is 0 Å². The van der Waals surface area contributed by atoms with E-state index in [1.54, 1.807) is 6.92 Å². The van der Waals surface area contributed by atoms with Crippen molar-refractivity contribution >= 4 is 5.78 Å². The second-order valence-corrected chi connectivity index (χ2v) is 4.35. The molecular weight excluding hydrogens is 188 g/mol. The van der Waals surface area contributed by atoms with Crippen LogP contribution in [0.15, 0.2) is 24.3 Å². The average molecular weight is 204 g/mol. The third kappa shape index (κ3) is 2.10. The topological polar surface area (TPSA) is 37.3 Å². The minimum Gasteiger partial charge on any atom is -0.393 e. The van der Waals surface area contributed by atoms with Crippen LogP contribution in [0, 0.1) is 5.92 Å². The van der Waals surface area contributed by atoms with Crippen molar-refractivity contribution in [2.24, 2.45) is 5.92 Å². The van der Waals surface area contributed by atoms with Crippen LogP contribution in [0.25, 0.3) is 0 Å². The second kappa shape index (κ2) is 4.15. The molecule has 2 atom stereocenters. The van der Waals surface area contributed by atoms with Crippen LogP contribution in [0.5, 0.6) is 0 Å². The highest BCUT2D eigenvalue weighted by molar-refractivity contribution is 6.02. The molecule has 0 spiro atoms. The fourth-order valence-corrected chi connectivity index (χ4v) is 2.19. The molecule has 1 aromatic carbocycles. The van der Waals surface area contributed by atoms with Gasteiger partial charge in [0.25, 0.3) is 0 Å². The number of benzene rings is 1. The molecule has 1 N–H and O–H groups in total. The maximum atomic E-state index is 11.9. The first kappa shape index (κ1) is 10.4. The minimum atomic E-state index is -0.304. The number of ketones is 1. The number of aliphatic hydroxyl groups excluding tert-OH is 1. The van der Waals surface area contributed by atoms with E-state index in [1.807, 2.05) is 24.3 Å². The minimum absolute atomic E-state index is 0.0944. The van der Waals surface area contributed by atoms with Crippen molar-refractivity contribution in [1.29, 1.82) is 0 Å². The van der Waals surface area contributed by atoms with Crippen LogP contribution in [0.3, 0.4) is 0 Å². The summed E-state index contributed by atoms with van der Waals surface area (Å²) >= 11 is 0. The molecule has 0 amide bonds. The van der Waals surface area contributed by atoms with Gasteiger partial charge in [0.15, 0.2) is 5.78 Å². The lowest BCUT2D eigenvalue weighted by Crippen LogP contribution is -2.12. The summed E-state index contributed by atoms with van der Waals surface area (Å²) in [5.41, 5.74) is 2.05. The van der Waals surface area contributed by atoms with Gasteiger partial charge in [0.2, 0.25) is 0 Å². The van der Waals surface area contributed by atoms with E-state index in [9.17, 15) is 9.90 Å². The Morgan fingerprint density at radius 3 is 2.87 bits per heavy atom. The highest BCUT2D eigenvalue weighted by atomic mass is 16.3. The fourth-order valence-electron chi connectivity index (χ4n) is 2.19. The summed E-state index contributed by atoms with van der Waals surface area (Å²) in [4.78, 5) is 11.9. The third-order valence-electron chi connectivity index (χ3n) is 3.05. The van der Waals surface area contributed by atoms with Crippen LogP contribution in [0.4, 0.5) is 0 Å². The molecule has 1 aliphatic rings. The maximum Gasteiger partial charge on any atom is 0.166 e. The van der Waals surface area contributed by atoms with Gasteiger partial charge in [-0.25, -0.2) is 0 Å². The number of carbonyl (C=O) groups excluding carboxylic acids is 1. The Morgan fingerprint density at radius 2 is 2.20 bits per heavy atom. The first-order chi connectivity index (χ1) is 7.18. The van der Waals surface area contributed by atoms with Crippen molar-refractivity contribution < 1.29 is 9.90 Å². The number of carbonyl (C=O) groups is 1. The van der Waals surface area contributed by atoms with E-state index in [0.717, 1.165) is 24.0 Å². The van der Waals surface area contributed by atoms with Gasteiger partial charge in [-0.2, -0.15) is 0 Å². The van der Waals surface area contributed by atoms with Gasteiger partial charge in [-0.05, 0) is 31.7 Å². The molecule has 2 nitrogen and oxygen atoms in total. The molecular formula is C13H16O2. The van der Waals surface area contributed by atoms with Gasteiger partial charge in [-0.15, -0.1) is 0 Å².